The molecule has 3 rings (SSSR count). The molecule has 1 aromatic heterocycles. The lowest BCUT2D eigenvalue weighted by Gasteiger charge is -2.10. The summed E-state index contributed by atoms with van der Waals surface area (Å²) in [4.78, 5) is 8.45. The first-order chi connectivity index (χ1) is 10.1. The summed E-state index contributed by atoms with van der Waals surface area (Å²) in [5.41, 5.74) is 0.814. The molecule has 0 saturated heterocycles. The number of aromatic nitrogens is 2. The third kappa shape index (κ3) is 3.09. The van der Waals surface area contributed by atoms with E-state index in [4.69, 9.17) is 27.9 Å². The van der Waals surface area contributed by atoms with E-state index in [-0.39, 0.29) is 6.61 Å². The summed E-state index contributed by atoms with van der Waals surface area (Å²) in [6, 6.07) is 13.2. The van der Waals surface area contributed by atoms with Crippen LogP contribution in [0.5, 0.6) is 5.75 Å². The van der Waals surface area contributed by atoms with Crippen molar-refractivity contribution in [1.29, 1.82) is 0 Å². The maximum atomic E-state index is 6.19. The molecule has 0 atom stereocenters. The summed E-state index contributed by atoms with van der Waals surface area (Å²) in [6.45, 7) is 2.13. The Morgan fingerprint density at radius 2 is 1.76 bits per heavy atom. The third-order valence-corrected chi connectivity index (χ3v) is 3.58. The standard InChI is InChI=1S/C16H12Cl2N2O/c1-10-8-15(18)20-16(19-10)9-21-14-7-6-13(17)11-4-2-3-5-12(11)14/h2-8H,9H2,1H3. The zero-order valence-electron chi connectivity index (χ0n) is 11.3. The summed E-state index contributed by atoms with van der Waals surface area (Å²) >= 11 is 12.1. The predicted octanol–water partition coefficient (Wildman–Crippen LogP) is 4.82. The Kier molecular flexibility index (Phi) is 3.95. The summed E-state index contributed by atoms with van der Waals surface area (Å²) in [5.74, 6) is 1.30. The molecule has 5 heteroatoms. The Labute approximate surface area is 132 Å². The second-order valence-corrected chi connectivity index (χ2v) is 5.42. The minimum absolute atomic E-state index is 0.257. The zero-order valence-corrected chi connectivity index (χ0v) is 12.8. The van der Waals surface area contributed by atoms with Gasteiger partial charge >= 0.3 is 0 Å². The quantitative estimate of drug-likeness (QED) is 0.649. The van der Waals surface area contributed by atoms with Gasteiger partial charge in [0.05, 0.1) is 0 Å². The van der Waals surface area contributed by atoms with Crippen LogP contribution in [-0.2, 0) is 6.61 Å². The van der Waals surface area contributed by atoms with Crippen molar-refractivity contribution in [2.75, 3.05) is 0 Å². The Morgan fingerprint density at radius 1 is 1.00 bits per heavy atom. The summed E-state index contributed by atoms with van der Waals surface area (Å²) in [5, 5.41) is 3.04. The molecule has 21 heavy (non-hydrogen) atoms. The van der Waals surface area contributed by atoms with Crippen LogP contribution < -0.4 is 4.74 Å². The molecule has 3 aromatic rings. The smallest absolute Gasteiger partial charge is 0.167 e. The van der Waals surface area contributed by atoms with Crippen LogP contribution in [0.25, 0.3) is 10.8 Å². The fourth-order valence-corrected chi connectivity index (χ4v) is 2.64. The van der Waals surface area contributed by atoms with E-state index < -0.39 is 0 Å². The van der Waals surface area contributed by atoms with Crippen molar-refractivity contribution in [2.45, 2.75) is 13.5 Å². The average Bonchev–Trinajstić information content (AvgIpc) is 2.46. The fraction of sp³-hybridized carbons (Fsp3) is 0.125. The third-order valence-electron chi connectivity index (χ3n) is 3.06. The molecular formula is C16H12Cl2N2O. The Morgan fingerprint density at radius 3 is 2.52 bits per heavy atom. The highest BCUT2D eigenvalue weighted by atomic mass is 35.5. The van der Waals surface area contributed by atoms with Crippen molar-refractivity contribution in [3.63, 3.8) is 0 Å². The van der Waals surface area contributed by atoms with Crippen molar-refractivity contribution in [2.24, 2.45) is 0 Å². The number of halogens is 2. The van der Waals surface area contributed by atoms with Crippen molar-refractivity contribution in [3.05, 3.63) is 64.2 Å². The van der Waals surface area contributed by atoms with Gasteiger partial charge in [-0.2, -0.15) is 0 Å². The monoisotopic (exact) mass is 318 g/mol. The van der Waals surface area contributed by atoms with Gasteiger partial charge in [0.25, 0.3) is 0 Å². The van der Waals surface area contributed by atoms with Crippen LogP contribution in [0.4, 0.5) is 0 Å². The van der Waals surface area contributed by atoms with Crippen LogP contribution in [0, 0.1) is 6.92 Å². The number of rotatable bonds is 3. The van der Waals surface area contributed by atoms with E-state index in [0.717, 1.165) is 22.2 Å². The lowest BCUT2D eigenvalue weighted by molar-refractivity contribution is 0.299. The SMILES string of the molecule is Cc1cc(Cl)nc(COc2ccc(Cl)c3ccccc23)n1. The number of aryl methyl sites for hydroxylation is 1. The van der Waals surface area contributed by atoms with Gasteiger partial charge < -0.3 is 4.74 Å². The average molecular weight is 319 g/mol. The number of ether oxygens (including phenoxy) is 1. The molecule has 0 aliphatic rings. The van der Waals surface area contributed by atoms with Gasteiger partial charge in [-0.25, -0.2) is 9.97 Å². The maximum Gasteiger partial charge on any atom is 0.167 e. The number of hydrogen-bond donors (Lipinski definition) is 0. The molecule has 0 aliphatic heterocycles. The number of benzene rings is 2. The van der Waals surface area contributed by atoms with Crippen LogP contribution >= 0.6 is 23.2 Å². The topological polar surface area (TPSA) is 35.0 Å². The molecule has 0 bridgehead atoms. The first-order valence-electron chi connectivity index (χ1n) is 6.43. The number of nitrogens with zero attached hydrogens (tertiary/aromatic N) is 2. The molecule has 0 saturated carbocycles. The van der Waals surface area contributed by atoms with Crippen molar-refractivity contribution >= 4 is 34.0 Å². The Balaban J connectivity index is 1.90. The van der Waals surface area contributed by atoms with Crippen LogP contribution in [0.15, 0.2) is 42.5 Å². The predicted molar refractivity (Wildman–Crippen MR) is 85.1 cm³/mol. The van der Waals surface area contributed by atoms with Gasteiger partial charge in [-0.05, 0) is 25.1 Å². The minimum Gasteiger partial charge on any atom is -0.485 e. The number of fused-ring (bicyclic) bond motifs is 1. The van der Waals surface area contributed by atoms with E-state index in [1.807, 2.05) is 43.3 Å². The van der Waals surface area contributed by atoms with Gasteiger partial charge in [-0.1, -0.05) is 47.5 Å². The van der Waals surface area contributed by atoms with E-state index in [1.54, 1.807) is 6.07 Å². The molecule has 0 fully saturated rings. The highest BCUT2D eigenvalue weighted by molar-refractivity contribution is 6.35. The summed E-state index contributed by atoms with van der Waals surface area (Å²) in [6.07, 6.45) is 0. The van der Waals surface area contributed by atoms with Gasteiger partial charge in [-0.3, -0.25) is 0 Å². The minimum atomic E-state index is 0.257. The van der Waals surface area contributed by atoms with Crippen LogP contribution in [0.3, 0.4) is 0 Å². The van der Waals surface area contributed by atoms with Crippen molar-refractivity contribution < 1.29 is 4.74 Å². The summed E-state index contributed by atoms with van der Waals surface area (Å²) in [7, 11) is 0. The first kappa shape index (κ1) is 14.1. The second kappa shape index (κ2) is 5.88. The largest absolute Gasteiger partial charge is 0.485 e. The molecule has 106 valence electrons. The summed E-state index contributed by atoms with van der Waals surface area (Å²) < 4.78 is 5.83. The van der Waals surface area contributed by atoms with Gasteiger partial charge in [0.1, 0.15) is 17.5 Å². The highest BCUT2D eigenvalue weighted by Gasteiger charge is 2.07. The first-order valence-corrected chi connectivity index (χ1v) is 7.19. The molecule has 0 unspecified atom stereocenters. The molecule has 0 N–H and O–H groups in total. The zero-order chi connectivity index (χ0) is 14.8. The lowest BCUT2D eigenvalue weighted by atomic mass is 10.1. The van der Waals surface area contributed by atoms with Gasteiger partial charge in [0.2, 0.25) is 0 Å². The maximum absolute atomic E-state index is 6.19. The van der Waals surface area contributed by atoms with Crippen LogP contribution in [0.1, 0.15) is 11.5 Å². The lowest BCUT2D eigenvalue weighted by Crippen LogP contribution is -2.03. The number of hydrogen-bond acceptors (Lipinski definition) is 3. The van der Waals surface area contributed by atoms with E-state index >= 15 is 0 Å². The fourth-order valence-electron chi connectivity index (χ4n) is 2.16. The van der Waals surface area contributed by atoms with E-state index in [9.17, 15) is 0 Å². The molecule has 0 aliphatic carbocycles. The van der Waals surface area contributed by atoms with Gasteiger partial charge in [-0.15, -0.1) is 0 Å². The van der Waals surface area contributed by atoms with Gasteiger partial charge in [0.15, 0.2) is 5.82 Å². The molecule has 2 aromatic carbocycles. The van der Waals surface area contributed by atoms with E-state index in [1.165, 1.54) is 0 Å². The second-order valence-electron chi connectivity index (χ2n) is 4.63. The molecule has 0 radical (unpaired) electrons. The highest BCUT2D eigenvalue weighted by Crippen LogP contribution is 2.31. The molecule has 1 heterocycles. The Hall–Kier alpha value is -1.84. The van der Waals surface area contributed by atoms with Crippen LogP contribution in [0.2, 0.25) is 10.2 Å². The van der Waals surface area contributed by atoms with Crippen molar-refractivity contribution in [1.82, 2.24) is 9.97 Å². The van der Waals surface area contributed by atoms with Crippen LogP contribution in [-0.4, -0.2) is 9.97 Å². The van der Waals surface area contributed by atoms with Gasteiger partial charge in [0, 0.05) is 21.5 Å². The molecule has 0 spiro atoms. The normalized spacial score (nSPS) is 10.8. The van der Waals surface area contributed by atoms with E-state index in [2.05, 4.69) is 9.97 Å². The molecule has 0 amide bonds. The van der Waals surface area contributed by atoms with E-state index in [0.29, 0.717) is 16.0 Å². The van der Waals surface area contributed by atoms with Crippen molar-refractivity contribution in [3.8, 4) is 5.75 Å². The molecule has 3 nitrogen and oxygen atoms in total. The molecular weight excluding hydrogens is 307 g/mol. The Bertz CT molecular complexity index is 785.